The Balaban J connectivity index is 1.95. The van der Waals surface area contributed by atoms with E-state index in [1.165, 1.54) is 0 Å². The van der Waals surface area contributed by atoms with Crippen molar-refractivity contribution in [1.29, 1.82) is 0 Å². The molecule has 0 saturated carbocycles. The van der Waals surface area contributed by atoms with E-state index in [4.69, 9.17) is 9.84 Å². The molecule has 0 spiro atoms. The molecule has 2 aromatic heterocycles. The van der Waals surface area contributed by atoms with Crippen LogP contribution in [-0.2, 0) is 10.3 Å². The van der Waals surface area contributed by atoms with Crippen molar-refractivity contribution in [1.82, 2.24) is 14.8 Å². The maximum absolute atomic E-state index is 12.9. The van der Waals surface area contributed by atoms with Gasteiger partial charge in [0.15, 0.2) is 5.69 Å². The molecule has 2 heterocycles. The Labute approximate surface area is 192 Å². The number of fused-ring (bicyclic) bond motifs is 1. The highest BCUT2D eigenvalue weighted by Crippen LogP contribution is 2.42. The van der Waals surface area contributed by atoms with E-state index in [1.807, 2.05) is 65.3 Å². The quantitative estimate of drug-likeness (QED) is 0.264. The van der Waals surface area contributed by atoms with Crippen LogP contribution in [0.1, 0.15) is 34.1 Å². The maximum atomic E-state index is 12.9. The fourth-order valence-electron chi connectivity index (χ4n) is 4.47. The van der Waals surface area contributed by atoms with E-state index in [1.54, 1.807) is 19.3 Å². The summed E-state index contributed by atoms with van der Waals surface area (Å²) in [6, 6.07) is 32.5. The highest BCUT2D eigenvalue weighted by Gasteiger charge is 2.41. The third-order valence-corrected chi connectivity index (χ3v) is 5.84. The van der Waals surface area contributed by atoms with Crippen LogP contribution in [0.4, 0.5) is 0 Å². The molecule has 0 saturated heterocycles. The van der Waals surface area contributed by atoms with Gasteiger partial charge in [0.05, 0.1) is 18.3 Å². The Morgan fingerprint density at radius 1 is 0.818 bits per heavy atom. The summed E-state index contributed by atoms with van der Waals surface area (Å²) in [6.45, 7) is 2.07. The predicted molar refractivity (Wildman–Crippen MR) is 128 cm³/mol. The number of carbonyl (C=O) groups is 1. The highest BCUT2D eigenvalue weighted by atomic mass is 16.5. The first-order valence-corrected chi connectivity index (χ1v) is 10.9. The number of nitrogens with zero attached hydrogens (tertiary/aromatic N) is 3. The van der Waals surface area contributed by atoms with Crippen LogP contribution in [0.15, 0.2) is 109 Å². The lowest BCUT2D eigenvalue weighted by atomic mass is 9.77. The molecule has 0 aliphatic heterocycles. The summed E-state index contributed by atoms with van der Waals surface area (Å²) in [5.74, 6) is -0.449. The number of pyridine rings is 1. The summed E-state index contributed by atoms with van der Waals surface area (Å²) >= 11 is 0. The second-order valence-electron chi connectivity index (χ2n) is 7.68. The first kappa shape index (κ1) is 20.6. The number of hydrogen-bond acceptors (Lipinski definition) is 4. The summed E-state index contributed by atoms with van der Waals surface area (Å²) in [5, 5.41) is 5.62. The minimum atomic E-state index is -0.837. The van der Waals surface area contributed by atoms with E-state index in [2.05, 4.69) is 41.4 Å². The lowest BCUT2D eigenvalue weighted by molar-refractivity contribution is 0.0520. The van der Waals surface area contributed by atoms with Gasteiger partial charge in [-0.3, -0.25) is 4.98 Å². The number of hydrogen-bond donors (Lipinski definition) is 0. The fourth-order valence-corrected chi connectivity index (χ4v) is 4.47. The second kappa shape index (κ2) is 8.71. The van der Waals surface area contributed by atoms with Gasteiger partial charge in [-0.1, -0.05) is 91.0 Å². The molecular weight excluding hydrogens is 410 g/mol. The maximum Gasteiger partial charge on any atom is 0.359 e. The van der Waals surface area contributed by atoms with Gasteiger partial charge >= 0.3 is 5.97 Å². The summed E-state index contributed by atoms with van der Waals surface area (Å²) in [5.41, 5.74) is 3.25. The zero-order valence-corrected chi connectivity index (χ0v) is 18.3. The number of aromatic nitrogens is 3. The van der Waals surface area contributed by atoms with Gasteiger partial charge < -0.3 is 4.74 Å². The van der Waals surface area contributed by atoms with Crippen molar-refractivity contribution < 1.29 is 9.53 Å². The zero-order chi connectivity index (χ0) is 22.7. The molecule has 5 nitrogen and oxygen atoms in total. The van der Waals surface area contributed by atoms with Gasteiger partial charge in [0.2, 0.25) is 0 Å². The molecular formula is C28H23N3O2. The van der Waals surface area contributed by atoms with Crippen molar-refractivity contribution in [2.45, 2.75) is 12.5 Å². The zero-order valence-electron chi connectivity index (χ0n) is 18.3. The minimum absolute atomic E-state index is 0.277. The third-order valence-electron chi connectivity index (χ3n) is 5.84. The fraction of sp³-hybridized carbons (Fsp3) is 0.107. The lowest BCUT2D eigenvalue weighted by Crippen LogP contribution is -2.38. The normalized spacial score (nSPS) is 11.4. The molecule has 0 unspecified atom stereocenters. The molecule has 0 N–H and O–H groups in total. The first-order chi connectivity index (χ1) is 16.3. The van der Waals surface area contributed by atoms with E-state index in [0.717, 1.165) is 22.2 Å². The molecule has 0 aliphatic carbocycles. The van der Waals surface area contributed by atoms with Crippen LogP contribution in [0.25, 0.3) is 10.9 Å². The van der Waals surface area contributed by atoms with Crippen LogP contribution in [0, 0.1) is 0 Å². The Kier molecular flexibility index (Phi) is 5.45. The molecule has 5 rings (SSSR count). The van der Waals surface area contributed by atoms with E-state index < -0.39 is 11.5 Å². The Morgan fingerprint density at radius 2 is 1.33 bits per heavy atom. The van der Waals surface area contributed by atoms with E-state index >= 15 is 0 Å². The van der Waals surface area contributed by atoms with Crippen molar-refractivity contribution in [3.8, 4) is 0 Å². The Hall–Kier alpha value is -4.25. The molecule has 162 valence electrons. The SMILES string of the molecule is CCOC(=O)c1nn(C(c2ccccc2)(c2ccccc2)c2ccccc2)c2cnccc12. The molecule has 33 heavy (non-hydrogen) atoms. The van der Waals surface area contributed by atoms with Crippen LogP contribution < -0.4 is 0 Å². The van der Waals surface area contributed by atoms with Crippen molar-refractivity contribution >= 4 is 16.9 Å². The number of rotatable bonds is 6. The molecule has 0 radical (unpaired) electrons. The first-order valence-electron chi connectivity index (χ1n) is 10.9. The van der Waals surface area contributed by atoms with E-state index in [9.17, 15) is 4.79 Å². The molecule has 5 heteroatoms. The highest BCUT2D eigenvalue weighted by molar-refractivity contribution is 6.02. The smallest absolute Gasteiger partial charge is 0.359 e. The topological polar surface area (TPSA) is 57.0 Å². The summed E-state index contributed by atoms with van der Waals surface area (Å²) in [6.07, 6.45) is 3.43. The van der Waals surface area contributed by atoms with Crippen molar-refractivity contribution in [3.63, 3.8) is 0 Å². The van der Waals surface area contributed by atoms with Gasteiger partial charge in [0.25, 0.3) is 0 Å². The Morgan fingerprint density at radius 3 is 1.82 bits per heavy atom. The summed E-state index contributed by atoms with van der Waals surface area (Å²) in [4.78, 5) is 17.3. The van der Waals surface area contributed by atoms with Crippen LogP contribution >= 0.6 is 0 Å². The van der Waals surface area contributed by atoms with Gasteiger partial charge in [-0.2, -0.15) is 5.10 Å². The van der Waals surface area contributed by atoms with Crippen molar-refractivity contribution in [2.75, 3.05) is 6.61 Å². The van der Waals surface area contributed by atoms with E-state index in [0.29, 0.717) is 5.39 Å². The molecule has 0 fully saturated rings. The van der Waals surface area contributed by atoms with Gasteiger partial charge in [-0.25, -0.2) is 9.48 Å². The van der Waals surface area contributed by atoms with Crippen LogP contribution in [0.5, 0.6) is 0 Å². The summed E-state index contributed by atoms with van der Waals surface area (Å²) < 4.78 is 7.26. The monoisotopic (exact) mass is 433 g/mol. The van der Waals surface area contributed by atoms with Crippen molar-refractivity contribution in [2.24, 2.45) is 0 Å². The molecule has 0 amide bonds. The van der Waals surface area contributed by atoms with Gasteiger partial charge in [-0.15, -0.1) is 0 Å². The number of carbonyl (C=O) groups excluding carboxylic acids is 1. The standard InChI is InChI=1S/C28H23N3O2/c1-2-33-27(32)26-24-18-19-29-20-25(24)31(30-26)28(21-12-6-3-7-13-21,22-14-8-4-9-15-22)23-16-10-5-11-17-23/h3-20H,2H2,1H3. The average Bonchev–Trinajstić information content (AvgIpc) is 3.27. The van der Waals surface area contributed by atoms with Gasteiger partial charge in [-0.05, 0) is 29.7 Å². The van der Waals surface area contributed by atoms with E-state index in [-0.39, 0.29) is 12.3 Å². The number of ether oxygens (including phenoxy) is 1. The van der Waals surface area contributed by atoms with Crippen LogP contribution in [0.3, 0.4) is 0 Å². The van der Waals surface area contributed by atoms with Crippen LogP contribution in [0.2, 0.25) is 0 Å². The summed E-state index contributed by atoms with van der Waals surface area (Å²) in [7, 11) is 0. The second-order valence-corrected chi connectivity index (χ2v) is 7.68. The molecule has 5 aromatic rings. The predicted octanol–water partition coefficient (Wildman–Crippen LogP) is 5.45. The molecule has 0 atom stereocenters. The lowest BCUT2D eigenvalue weighted by Gasteiger charge is -2.36. The Bertz CT molecular complexity index is 1280. The largest absolute Gasteiger partial charge is 0.461 e. The van der Waals surface area contributed by atoms with Crippen molar-refractivity contribution in [3.05, 3.63) is 132 Å². The molecule has 3 aromatic carbocycles. The minimum Gasteiger partial charge on any atom is -0.461 e. The van der Waals surface area contributed by atoms with Crippen LogP contribution in [-0.4, -0.2) is 27.3 Å². The van der Waals surface area contributed by atoms with Gasteiger partial charge in [0.1, 0.15) is 5.54 Å². The third kappa shape index (κ3) is 3.38. The molecule has 0 aliphatic rings. The molecule has 0 bridgehead atoms. The number of benzene rings is 3. The van der Waals surface area contributed by atoms with Gasteiger partial charge in [0, 0.05) is 11.6 Å². The average molecular weight is 434 g/mol. The number of esters is 1.